The molecule has 0 heterocycles. The van der Waals surface area contributed by atoms with Crippen molar-refractivity contribution in [3.63, 3.8) is 0 Å². The summed E-state index contributed by atoms with van der Waals surface area (Å²) in [6.07, 6.45) is 0. The van der Waals surface area contributed by atoms with E-state index in [4.69, 9.17) is 9.81 Å². The normalized spacial score (nSPS) is 5.43. The summed E-state index contributed by atoms with van der Waals surface area (Å²) < 4.78 is 0. The second-order valence-corrected chi connectivity index (χ2v) is 0.907. The molecule has 0 aromatic carbocycles. The summed E-state index contributed by atoms with van der Waals surface area (Å²) in [7, 11) is 0. The molecule has 0 saturated heterocycles. The molecule has 0 spiro atoms. The molecule has 0 aliphatic carbocycles. The Balaban J connectivity index is -0.0000000675. The van der Waals surface area contributed by atoms with E-state index in [0.717, 1.165) is 0 Å². The summed E-state index contributed by atoms with van der Waals surface area (Å²) in [6, 6.07) is 0. The molecule has 0 fully saturated rings. The molecule has 0 radical (unpaired) electrons. The topological polar surface area (TPSA) is 111 Å². The Morgan fingerprint density at radius 2 is 0.929 bits per heavy atom. The summed E-state index contributed by atoms with van der Waals surface area (Å²) in [5.41, 5.74) is 0. The predicted octanol–water partition coefficient (Wildman–Crippen LogP) is -3.16. The van der Waals surface area contributed by atoms with Gasteiger partial charge in [-0.25, -0.2) is 9.59 Å². The van der Waals surface area contributed by atoms with Gasteiger partial charge in [-0.2, -0.15) is 0 Å². The molecule has 0 atom stereocenters. The van der Waals surface area contributed by atoms with Crippen molar-refractivity contribution in [2.75, 3.05) is 0 Å². The third kappa shape index (κ3) is 16.6. The van der Waals surface area contributed by atoms with Crippen LogP contribution in [0.4, 0.5) is 0 Å². The first kappa shape index (κ1) is 29.8. The van der Waals surface area contributed by atoms with Gasteiger partial charge < -0.3 is 0 Å². The first-order chi connectivity index (χ1) is 4.72. The fraction of sp³-hybridized carbons (Fsp3) is 0. The minimum atomic E-state index is -1.70. The Kier molecular flexibility index (Phi) is 43.7. The van der Waals surface area contributed by atoms with Crippen LogP contribution in [0.2, 0.25) is 0 Å². The fourth-order valence-electron chi connectivity index (χ4n) is 0.142. The van der Waals surface area contributed by atoms with Gasteiger partial charge in [-0.3, -0.25) is 9.68 Å². The Labute approximate surface area is 167 Å². The van der Waals surface area contributed by atoms with Crippen molar-refractivity contribution >= 4 is 130 Å². The van der Waals surface area contributed by atoms with Gasteiger partial charge in [-0.05, 0) is 0 Å². The van der Waals surface area contributed by atoms with Crippen LogP contribution in [0, 0.1) is 9.81 Å². The average molecular weight is 244 g/mol. The molecule has 0 aliphatic rings. The molecule has 0 aromatic rings. The van der Waals surface area contributed by atoms with Crippen LogP contribution >= 0.6 is 0 Å². The van der Waals surface area contributed by atoms with E-state index in [1.807, 2.05) is 0 Å². The number of nitrogens with zero attached hydrogens (tertiary/aromatic N) is 2. The molecule has 0 N–H and O–H groups in total. The number of carbonyl (C=O) groups is 2. The van der Waals surface area contributed by atoms with Gasteiger partial charge in [0.05, 0.1) is 0 Å². The Hall–Kier alpha value is 2.14. The molecule has 0 bridgehead atoms. The van der Waals surface area contributed by atoms with Gasteiger partial charge in [-0.15, -0.1) is 9.81 Å². The van der Waals surface area contributed by atoms with Crippen molar-refractivity contribution in [3.8, 4) is 0 Å². The van der Waals surface area contributed by atoms with Crippen molar-refractivity contribution < 1.29 is 19.3 Å². The van der Waals surface area contributed by atoms with Crippen LogP contribution in [0.5, 0.6) is 0 Å². The number of rotatable bonds is 2. The molecule has 0 unspecified atom stereocenters. The second-order valence-electron chi connectivity index (χ2n) is 0.907. The van der Waals surface area contributed by atoms with E-state index in [1.54, 1.807) is 10.7 Å². The van der Waals surface area contributed by atoms with Gasteiger partial charge in [0.1, 0.15) is 0 Å². The van der Waals surface area contributed by atoms with E-state index < -0.39 is 11.9 Å². The molecule has 0 aromatic heterocycles. The van der Waals surface area contributed by atoms with Crippen LogP contribution in [0.1, 0.15) is 0 Å². The molecule has 0 aliphatic heterocycles. The van der Waals surface area contributed by atoms with Gasteiger partial charge in [0.15, 0.2) is 10.7 Å². The number of hydrogen-bond acceptors (Lipinski definition) is 8. The summed E-state index contributed by atoms with van der Waals surface area (Å²) in [4.78, 5) is 44.5. The average Bonchev–Trinajstić information content (AvgIpc) is 1.89. The van der Waals surface area contributed by atoms with Gasteiger partial charge >= 0.3 is 130 Å². The molecule has 12 heteroatoms. The van der Waals surface area contributed by atoms with Crippen LogP contribution in [0.3, 0.4) is 0 Å². The van der Waals surface area contributed by atoms with Crippen LogP contribution in [-0.4, -0.2) is 130 Å². The Bertz CT molecular complexity index is 167. The third-order valence-electron chi connectivity index (χ3n) is 0.407. The van der Waals surface area contributed by atoms with Crippen molar-refractivity contribution in [3.05, 3.63) is 9.81 Å². The molecule has 0 amide bonds. The molecule has 62 valence electrons. The Morgan fingerprint density at radius 1 is 0.714 bits per heavy atom. The van der Waals surface area contributed by atoms with Crippen molar-refractivity contribution in [1.82, 2.24) is 0 Å². The maximum atomic E-state index is 9.94. The summed E-state index contributed by atoms with van der Waals surface area (Å²) in [5.74, 6) is -3.40. The van der Waals surface area contributed by atoms with Crippen LogP contribution in [0.15, 0.2) is 10.7 Å². The monoisotopic (exact) mass is 244 g/mol. The van der Waals surface area contributed by atoms with E-state index in [1.165, 1.54) is 0 Å². The molecule has 0 rings (SSSR count). The zero-order chi connectivity index (χ0) is 7.98. The minimum absolute atomic E-state index is 0. The van der Waals surface area contributed by atoms with E-state index in [2.05, 4.69) is 9.68 Å². The third-order valence-corrected chi connectivity index (χ3v) is 0.407. The van der Waals surface area contributed by atoms with Gasteiger partial charge in [0.25, 0.3) is 0 Å². The van der Waals surface area contributed by atoms with Gasteiger partial charge in [0, 0.05) is 0 Å². The molecular weight excluding hydrogens is 240 g/mol. The first-order valence-electron chi connectivity index (χ1n) is 1.80. The van der Waals surface area contributed by atoms with E-state index in [-0.39, 0.29) is 118 Å². The van der Waals surface area contributed by atoms with Gasteiger partial charge in [-0.1, -0.05) is 0 Å². The van der Waals surface area contributed by atoms with E-state index in [0.29, 0.717) is 0 Å². The standard InChI is InChI=1S/C2N2O6.4Na.4H/c5-1(9-3-7)2(6)10-4-8;;;;;;;;. The van der Waals surface area contributed by atoms with Crippen molar-refractivity contribution in [1.29, 1.82) is 0 Å². The van der Waals surface area contributed by atoms with Crippen LogP contribution in [-0.2, 0) is 19.3 Å². The molecule has 14 heavy (non-hydrogen) atoms. The van der Waals surface area contributed by atoms with E-state index in [9.17, 15) is 9.59 Å². The summed E-state index contributed by atoms with van der Waals surface area (Å²) in [5, 5.41) is 3.19. The quantitative estimate of drug-likeness (QED) is 0.219. The maximum absolute atomic E-state index is 9.94. The number of hydrogen-bond donors (Lipinski definition) is 0. The molecule has 8 nitrogen and oxygen atoms in total. The van der Waals surface area contributed by atoms with E-state index >= 15 is 0 Å². The zero-order valence-corrected chi connectivity index (χ0v) is 4.34. The van der Waals surface area contributed by atoms with Crippen LogP contribution in [0.25, 0.3) is 0 Å². The SMILES string of the molecule is O=NOC(=O)C(=O)ON=O.[NaH].[NaH].[NaH].[NaH]. The predicted molar refractivity (Wildman–Crippen MR) is 52.4 cm³/mol. The van der Waals surface area contributed by atoms with Crippen molar-refractivity contribution in [2.24, 2.45) is 10.7 Å². The molecular formula is C2H4N2Na4O6. The van der Waals surface area contributed by atoms with Crippen LogP contribution < -0.4 is 0 Å². The fourth-order valence-corrected chi connectivity index (χ4v) is 0.142. The Morgan fingerprint density at radius 3 is 1.07 bits per heavy atom. The first-order valence-corrected chi connectivity index (χ1v) is 1.80. The molecule has 0 saturated carbocycles. The number of carbonyl (C=O) groups excluding carboxylic acids is 2. The summed E-state index contributed by atoms with van der Waals surface area (Å²) in [6.45, 7) is 0. The van der Waals surface area contributed by atoms with Crippen molar-refractivity contribution in [2.45, 2.75) is 0 Å². The second kappa shape index (κ2) is 20.5. The van der Waals surface area contributed by atoms with Gasteiger partial charge in [0.2, 0.25) is 0 Å². The summed E-state index contributed by atoms with van der Waals surface area (Å²) >= 11 is 0. The zero-order valence-electron chi connectivity index (χ0n) is 4.34.